The molecule has 4 nitrogen and oxygen atoms in total. The summed E-state index contributed by atoms with van der Waals surface area (Å²) in [5, 5.41) is 3.89. The summed E-state index contributed by atoms with van der Waals surface area (Å²) >= 11 is 3.39. The number of nitrogens with zero attached hydrogens (tertiary/aromatic N) is 2. The molecule has 2 rings (SSSR count). The molecule has 1 N–H and O–H groups in total. The van der Waals surface area contributed by atoms with Gasteiger partial charge in [-0.05, 0) is 30.7 Å². The Morgan fingerprint density at radius 1 is 1.42 bits per heavy atom. The number of aromatic nitrogens is 1. The highest BCUT2D eigenvalue weighted by molar-refractivity contribution is 9.10. The monoisotopic (exact) mass is 317 g/mol. The summed E-state index contributed by atoms with van der Waals surface area (Å²) in [6.07, 6.45) is 4.89. The van der Waals surface area contributed by atoms with Gasteiger partial charge in [-0.15, -0.1) is 0 Å². The van der Waals surface area contributed by atoms with Gasteiger partial charge in [0.1, 0.15) is 0 Å². The highest BCUT2D eigenvalue weighted by Gasteiger charge is 2.05. The molecule has 0 saturated heterocycles. The first kappa shape index (κ1) is 13.4. The van der Waals surface area contributed by atoms with E-state index >= 15 is 0 Å². The van der Waals surface area contributed by atoms with Crippen molar-refractivity contribution in [3.05, 3.63) is 63.9 Å². The van der Waals surface area contributed by atoms with Crippen LogP contribution in [-0.2, 0) is 0 Å². The van der Waals surface area contributed by atoms with E-state index in [1.54, 1.807) is 36.8 Å². The van der Waals surface area contributed by atoms with Crippen LogP contribution >= 0.6 is 15.9 Å². The van der Waals surface area contributed by atoms with Crippen molar-refractivity contribution >= 4 is 28.1 Å². The Bertz CT molecular complexity index is 611. The molecule has 2 aromatic rings. The first-order valence-corrected chi connectivity index (χ1v) is 6.46. The first-order chi connectivity index (χ1) is 9.16. The van der Waals surface area contributed by atoms with Crippen LogP contribution in [0.3, 0.4) is 0 Å². The fourth-order valence-corrected chi connectivity index (χ4v) is 1.80. The number of carbonyl (C=O) groups is 1. The molecule has 0 radical (unpaired) electrons. The Hall–Kier alpha value is -2.01. The van der Waals surface area contributed by atoms with E-state index in [4.69, 9.17) is 0 Å². The lowest BCUT2D eigenvalue weighted by atomic mass is 10.1. The van der Waals surface area contributed by atoms with Gasteiger partial charge < -0.3 is 0 Å². The normalized spacial score (nSPS) is 10.6. The summed E-state index contributed by atoms with van der Waals surface area (Å²) in [7, 11) is 0. The van der Waals surface area contributed by atoms with Crippen LogP contribution in [-0.4, -0.2) is 17.1 Å². The van der Waals surface area contributed by atoms with Crippen molar-refractivity contribution in [2.45, 2.75) is 6.92 Å². The van der Waals surface area contributed by atoms with Crippen LogP contribution in [0.15, 0.2) is 52.3 Å². The largest absolute Gasteiger partial charge is 0.271 e. The van der Waals surface area contributed by atoms with E-state index in [2.05, 4.69) is 31.4 Å². The van der Waals surface area contributed by atoms with Crippen LogP contribution in [0.5, 0.6) is 0 Å². The summed E-state index contributed by atoms with van der Waals surface area (Å²) in [6.45, 7) is 1.96. The number of hydrazone groups is 1. The molecule has 0 spiro atoms. The third kappa shape index (κ3) is 3.72. The molecule has 1 aromatic heterocycles. The van der Waals surface area contributed by atoms with Gasteiger partial charge in [0.25, 0.3) is 5.91 Å². The average Bonchev–Trinajstić information content (AvgIpc) is 2.43. The van der Waals surface area contributed by atoms with E-state index in [1.165, 1.54) is 0 Å². The molecule has 5 heteroatoms. The average molecular weight is 318 g/mol. The Morgan fingerprint density at radius 3 is 2.95 bits per heavy atom. The lowest BCUT2D eigenvalue weighted by Gasteiger charge is -2.02. The zero-order valence-electron chi connectivity index (χ0n) is 10.3. The highest BCUT2D eigenvalue weighted by atomic mass is 79.9. The number of pyridine rings is 1. The molecule has 0 bridgehead atoms. The Labute approximate surface area is 119 Å². The summed E-state index contributed by atoms with van der Waals surface area (Å²) in [4.78, 5) is 15.8. The fourth-order valence-electron chi connectivity index (χ4n) is 1.42. The minimum absolute atomic E-state index is 0.249. The van der Waals surface area contributed by atoms with Crippen molar-refractivity contribution in [1.29, 1.82) is 0 Å². The molecule has 0 unspecified atom stereocenters. The molecule has 0 fully saturated rings. The summed E-state index contributed by atoms with van der Waals surface area (Å²) in [5.41, 5.74) is 4.94. The molecule has 1 heterocycles. The lowest BCUT2D eigenvalue weighted by Crippen LogP contribution is -2.17. The quantitative estimate of drug-likeness (QED) is 0.699. The maximum absolute atomic E-state index is 11.8. The third-order valence-electron chi connectivity index (χ3n) is 2.50. The fraction of sp³-hybridized carbons (Fsp3) is 0.0714. The zero-order chi connectivity index (χ0) is 13.7. The van der Waals surface area contributed by atoms with Crippen LogP contribution in [0.2, 0.25) is 0 Å². The Morgan fingerprint density at radius 2 is 2.26 bits per heavy atom. The minimum atomic E-state index is -0.249. The molecule has 19 heavy (non-hydrogen) atoms. The summed E-state index contributed by atoms with van der Waals surface area (Å²) in [5.74, 6) is -0.249. The van der Waals surface area contributed by atoms with Crippen molar-refractivity contribution in [3.63, 3.8) is 0 Å². The first-order valence-electron chi connectivity index (χ1n) is 5.66. The van der Waals surface area contributed by atoms with Gasteiger partial charge >= 0.3 is 0 Å². The highest BCUT2D eigenvalue weighted by Crippen LogP contribution is 2.17. The molecule has 0 aliphatic heterocycles. The minimum Gasteiger partial charge on any atom is -0.267 e. The number of hydrogen-bond donors (Lipinski definition) is 1. The van der Waals surface area contributed by atoms with Crippen molar-refractivity contribution in [3.8, 4) is 0 Å². The van der Waals surface area contributed by atoms with Gasteiger partial charge in [0.15, 0.2) is 0 Å². The van der Waals surface area contributed by atoms with Crippen LogP contribution in [0.25, 0.3) is 0 Å². The number of halogens is 1. The second kappa shape index (κ2) is 6.24. The van der Waals surface area contributed by atoms with Gasteiger partial charge in [-0.1, -0.05) is 28.1 Å². The molecule has 96 valence electrons. The van der Waals surface area contributed by atoms with E-state index in [9.17, 15) is 4.79 Å². The molecule has 1 amide bonds. The van der Waals surface area contributed by atoms with E-state index in [0.29, 0.717) is 5.56 Å². The molecular weight excluding hydrogens is 306 g/mol. The molecule has 1 aromatic carbocycles. The SMILES string of the molecule is Cc1ccc(C(=O)N/N=C/c2cccnc2)cc1Br. The number of nitrogens with one attached hydrogen (secondary N) is 1. The Kier molecular flexibility index (Phi) is 4.41. The number of benzene rings is 1. The summed E-state index contributed by atoms with van der Waals surface area (Å²) in [6, 6.07) is 9.06. The van der Waals surface area contributed by atoms with Gasteiger partial charge in [0.2, 0.25) is 0 Å². The Balaban J connectivity index is 2.01. The van der Waals surface area contributed by atoms with E-state index in [-0.39, 0.29) is 5.91 Å². The van der Waals surface area contributed by atoms with Crippen LogP contribution < -0.4 is 5.43 Å². The van der Waals surface area contributed by atoms with Crippen LogP contribution in [0.1, 0.15) is 21.5 Å². The van der Waals surface area contributed by atoms with Gasteiger partial charge in [-0.2, -0.15) is 5.10 Å². The number of carbonyl (C=O) groups excluding carboxylic acids is 1. The van der Waals surface area contributed by atoms with Crippen molar-refractivity contribution in [2.24, 2.45) is 5.10 Å². The zero-order valence-corrected chi connectivity index (χ0v) is 11.9. The predicted octanol–water partition coefficient (Wildman–Crippen LogP) is 2.92. The summed E-state index contributed by atoms with van der Waals surface area (Å²) < 4.78 is 0.899. The van der Waals surface area contributed by atoms with Gasteiger partial charge in [-0.25, -0.2) is 5.43 Å². The molecule has 0 saturated carbocycles. The van der Waals surface area contributed by atoms with Crippen molar-refractivity contribution in [1.82, 2.24) is 10.4 Å². The molecular formula is C14H12BrN3O. The number of aryl methyl sites for hydroxylation is 1. The van der Waals surface area contributed by atoms with Gasteiger partial charge in [0, 0.05) is 28.0 Å². The van der Waals surface area contributed by atoms with E-state index in [1.807, 2.05) is 19.1 Å². The number of amides is 1. The number of rotatable bonds is 3. The maximum atomic E-state index is 11.8. The smallest absolute Gasteiger partial charge is 0.267 e. The maximum Gasteiger partial charge on any atom is 0.271 e. The molecule has 0 aliphatic rings. The van der Waals surface area contributed by atoms with Crippen LogP contribution in [0.4, 0.5) is 0 Å². The van der Waals surface area contributed by atoms with E-state index < -0.39 is 0 Å². The van der Waals surface area contributed by atoms with Gasteiger partial charge in [-0.3, -0.25) is 9.78 Å². The van der Waals surface area contributed by atoms with Crippen molar-refractivity contribution < 1.29 is 4.79 Å². The molecule has 0 aliphatic carbocycles. The van der Waals surface area contributed by atoms with E-state index in [0.717, 1.165) is 15.6 Å². The lowest BCUT2D eigenvalue weighted by molar-refractivity contribution is 0.0955. The van der Waals surface area contributed by atoms with Crippen LogP contribution in [0, 0.1) is 6.92 Å². The van der Waals surface area contributed by atoms with Crippen molar-refractivity contribution in [2.75, 3.05) is 0 Å². The van der Waals surface area contributed by atoms with Gasteiger partial charge in [0.05, 0.1) is 6.21 Å². The molecule has 0 atom stereocenters. The third-order valence-corrected chi connectivity index (χ3v) is 3.35. The topological polar surface area (TPSA) is 54.4 Å². The second-order valence-electron chi connectivity index (χ2n) is 3.95. The standard InChI is InChI=1S/C14H12BrN3O/c1-10-4-5-12(7-13(10)15)14(19)18-17-9-11-3-2-6-16-8-11/h2-9H,1H3,(H,18,19)/b17-9+. The predicted molar refractivity (Wildman–Crippen MR) is 78.2 cm³/mol. The number of hydrogen-bond acceptors (Lipinski definition) is 3. The second-order valence-corrected chi connectivity index (χ2v) is 4.80.